The first-order chi connectivity index (χ1) is 6.53. The molecule has 4 heteroatoms. The van der Waals surface area contributed by atoms with Crippen molar-refractivity contribution in [3.63, 3.8) is 0 Å². The van der Waals surface area contributed by atoms with E-state index in [0.717, 1.165) is 25.3 Å². The van der Waals surface area contributed by atoms with Gasteiger partial charge in [0.05, 0.1) is 5.54 Å². The van der Waals surface area contributed by atoms with Gasteiger partial charge in [-0.1, -0.05) is 0 Å². The number of carbonyl (C=O) groups excluding carboxylic acids is 1. The van der Waals surface area contributed by atoms with Gasteiger partial charge < -0.3 is 16.4 Å². The van der Waals surface area contributed by atoms with Crippen LogP contribution in [0.3, 0.4) is 0 Å². The molecule has 0 heterocycles. The van der Waals surface area contributed by atoms with Gasteiger partial charge in [-0.3, -0.25) is 4.79 Å². The van der Waals surface area contributed by atoms with Crippen LogP contribution in [0.4, 0.5) is 0 Å². The van der Waals surface area contributed by atoms with Gasteiger partial charge in [0.1, 0.15) is 0 Å². The lowest BCUT2D eigenvalue weighted by Crippen LogP contribution is -2.51. The van der Waals surface area contributed by atoms with Crippen LogP contribution >= 0.6 is 0 Å². The second kappa shape index (κ2) is 3.21. The summed E-state index contributed by atoms with van der Waals surface area (Å²) in [6.07, 6.45) is 5.06. The first kappa shape index (κ1) is 9.93. The van der Waals surface area contributed by atoms with Crippen molar-refractivity contribution < 1.29 is 4.79 Å². The summed E-state index contributed by atoms with van der Waals surface area (Å²) in [6, 6.07) is 1.19. The smallest absolute Gasteiger partial charge is 0.237 e. The molecule has 0 saturated heterocycles. The topological polar surface area (TPSA) is 72.3 Å². The summed E-state index contributed by atoms with van der Waals surface area (Å²) in [7, 11) is 2.13. The maximum absolute atomic E-state index is 11.2. The second-order valence-corrected chi connectivity index (χ2v) is 4.81. The number of nitrogens with zero attached hydrogens (tertiary/aromatic N) is 1. The van der Waals surface area contributed by atoms with Crippen LogP contribution in [0.15, 0.2) is 0 Å². The molecule has 0 aromatic rings. The minimum atomic E-state index is -0.742. The fourth-order valence-electron chi connectivity index (χ4n) is 2.40. The third kappa shape index (κ3) is 1.64. The van der Waals surface area contributed by atoms with Crippen LogP contribution in [0.5, 0.6) is 0 Å². The van der Waals surface area contributed by atoms with Crippen molar-refractivity contribution in [1.29, 1.82) is 0 Å². The van der Waals surface area contributed by atoms with Crippen molar-refractivity contribution in [2.75, 3.05) is 7.05 Å². The number of carbonyl (C=O) groups is 1. The highest BCUT2D eigenvalue weighted by atomic mass is 16.1. The van der Waals surface area contributed by atoms with Crippen molar-refractivity contribution in [3.8, 4) is 0 Å². The SMILES string of the molecule is CN(C1CC1)C1CCC(N)(C(N)=O)C1. The number of hydrogen-bond donors (Lipinski definition) is 2. The summed E-state index contributed by atoms with van der Waals surface area (Å²) >= 11 is 0. The molecule has 2 rings (SSSR count). The summed E-state index contributed by atoms with van der Waals surface area (Å²) in [5.41, 5.74) is 10.5. The number of primary amides is 1. The highest BCUT2D eigenvalue weighted by molar-refractivity contribution is 5.84. The van der Waals surface area contributed by atoms with Crippen molar-refractivity contribution in [2.45, 2.75) is 49.7 Å². The quantitative estimate of drug-likeness (QED) is 0.659. The lowest BCUT2D eigenvalue weighted by atomic mass is 9.98. The van der Waals surface area contributed by atoms with Crippen LogP contribution < -0.4 is 11.5 Å². The number of hydrogen-bond acceptors (Lipinski definition) is 3. The molecule has 0 aromatic carbocycles. The van der Waals surface area contributed by atoms with Gasteiger partial charge >= 0.3 is 0 Å². The van der Waals surface area contributed by atoms with Gasteiger partial charge in [0.2, 0.25) is 5.91 Å². The van der Waals surface area contributed by atoms with Crippen LogP contribution in [-0.2, 0) is 4.79 Å². The normalized spacial score (nSPS) is 37.8. The van der Waals surface area contributed by atoms with E-state index in [2.05, 4.69) is 11.9 Å². The van der Waals surface area contributed by atoms with E-state index in [1.807, 2.05) is 0 Å². The van der Waals surface area contributed by atoms with E-state index in [1.54, 1.807) is 0 Å². The molecule has 2 fully saturated rings. The molecule has 0 radical (unpaired) electrons. The minimum Gasteiger partial charge on any atom is -0.368 e. The maximum Gasteiger partial charge on any atom is 0.237 e. The fourth-order valence-corrected chi connectivity index (χ4v) is 2.40. The number of nitrogens with two attached hydrogens (primary N) is 2. The van der Waals surface area contributed by atoms with E-state index in [1.165, 1.54) is 12.8 Å². The van der Waals surface area contributed by atoms with Crippen molar-refractivity contribution in [3.05, 3.63) is 0 Å². The molecule has 4 nitrogen and oxygen atoms in total. The van der Waals surface area contributed by atoms with E-state index in [0.29, 0.717) is 6.04 Å². The zero-order valence-corrected chi connectivity index (χ0v) is 8.70. The van der Waals surface area contributed by atoms with E-state index < -0.39 is 5.54 Å². The van der Waals surface area contributed by atoms with Crippen LogP contribution in [0.25, 0.3) is 0 Å². The Kier molecular flexibility index (Phi) is 2.27. The third-order valence-electron chi connectivity index (χ3n) is 3.71. The Balaban J connectivity index is 1.96. The molecule has 2 aliphatic rings. The first-order valence-electron chi connectivity index (χ1n) is 5.34. The molecule has 0 aromatic heterocycles. The van der Waals surface area contributed by atoms with Crippen LogP contribution in [0, 0.1) is 0 Å². The third-order valence-corrected chi connectivity index (χ3v) is 3.71. The van der Waals surface area contributed by atoms with E-state index in [4.69, 9.17) is 11.5 Å². The monoisotopic (exact) mass is 197 g/mol. The highest BCUT2D eigenvalue weighted by Crippen LogP contribution is 2.36. The molecule has 2 aliphatic carbocycles. The predicted molar refractivity (Wildman–Crippen MR) is 54.5 cm³/mol. The van der Waals surface area contributed by atoms with Gasteiger partial charge in [0.15, 0.2) is 0 Å². The van der Waals surface area contributed by atoms with Gasteiger partial charge in [0.25, 0.3) is 0 Å². The Morgan fingerprint density at radius 3 is 2.43 bits per heavy atom. The van der Waals surface area contributed by atoms with Crippen LogP contribution in [0.2, 0.25) is 0 Å². The molecular formula is C10H19N3O. The fraction of sp³-hybridized carbons (Fsp3) is 0.900. The summed E-state index contributed by atoms with van der Waals surface area (Å²) in [5, 5.41) is 0. The predicted octanol–water partition coefficient (Wildman–Crippen LogP) is -0.184. The highest BCUT2D eigenvalue weighted by Gasteiger charge is 2.44. The molecule has 0 aliphatic heterocycles. The Labute approximate surface area is 84.6 Å². The summed E-state index contributed by atoms with van der Waals surface area (Å²) in [6.45, 7) is 0. The molecule has 2 unspecified atom stereocenters. The molecule has 0 bridgehead atoms. The van der Waals surface area contributed by atoms with E-state index >= 15 is 0 Å². The number of amides is 1. The summed E-state index contributed by atoms with van der Waals surface area (Å²) < 4.78 is 0. The molecule has 4 N–H and O–H groups in total. The summed E-state index contributed by atoms with van der Waals surface area (Å²) in [5.74, 6) is -0.343. The Hall–Kier alpha value is -0.610. The largest absolute Gasteiger partial charge is 0.368 e. The van der Waals surface area contributed by atoms with Crippen molar-refractivity contribution in [2.24, 2.45) is 11.5 Å². The molecule has 0 spiro atoms. The molecule has 14 heavy (non-hydrogen) atoms. The first-order valence-corrected chi connectivity index (χ1v) is 5.34. The Bertz CT molecular complexity index is 252. The minimum absolute atomic E-state index is 0.343. The molecule has 1 amide bonds. The zero-order chi connectivity index (χ0) is 10.3. The summed E-state index contributed by atoms with van der Waals surface area (Å²) in [4.78, 5) is 13.5. The van der Waals surface area contributed by atoms with Gasteiger partial charge in [0, 0.05) is 12.1 Å². The lowest BCUT2D eigenvalue weighted by molar-refractivity contribution is -0.123. The molecule has 2 atom stereocenters. The van der Waals surface area contributed by atoms with Crippen molar-refractivity contribution >= 4 is 5.91 Å². The van der Waals surface area contributed by atoms with Gasteiger partial charge in [-0.2, -0.15) is 0 Å². The van der Waals surface area contributed by atoms with Crippen LogP contribution in [-0.4, -0.2) is 35.5 Å². The maximum atomic E-state index is 11.2. The van der Waals surface area contributed by atoms with Gasteiger partial charge in [-0.15, -0.1) is 0 Å². The molecule has 2 saturated carbocycles. The van der Waals surface area contributed by atoms with Gasteiger partial charge in [-0.25, -0.2) is 0 Å². The zero-order valence-electron chi connectivity index (χ0n) is 8.70. The average molecular weight is 197 g/mol. The second-order valence-electron chi connectivity index (χ2n) is 4.81. The average Bonchev–Trinajstić information content (AvgIpc) is 2.89. The van der Waals surface area contributed by atoms with Gasteiger partial charge in [-0.05, 0) is 39.2 Å². The molecular weight excluding hydrogens is 178 g/mol. The number of rotatable bonds is 3. The van der Waals surface area contributed by atoms with E-state index in [9.17, 15) is 4.79 Å². The standard InChI is InChI=1S/C10H19N3O/c1-13(7-2-3-7)8-4-5-10(12,6-8)9(11)14/h7-8H,2-6,12H2,1H3,(H2,11,14). The molecule has 80 valence electrons. The van der Waals surface area contributed by atoms with Crippen LogP contribution in [0.1, 0.15) is 32.1 Å². The van der Waals surface area contributed by atoms with Crippen molar-refractivity contribution in [1.82, 2.24) is 4.90 Å². The lowest BCUT2D eigenvalue weighted by Gasteiger charge is -2.26. The van der Waals surface area contributed by atoms with E-state index in [-0.39, 0.29) is 5.91 Å². The Morgan fingerprint density at radius 1 is 1.36 bits per heavy atom. The Morgan fingerprint density at radius 2 is 2.00 bits per heavy atom.